The molecule has 3 aliphatic carbocycles. The fraction of sp³-hybridized carbons (Fsp3) is 0.407. The first kappa shape index (κ1) is 22.2. The Morgan fingerprint density at radius 2 is 2.00 bits per heavy atom. The molecule has 5 nitrogen and oxygen atoms in total. The number of imidazole rings is 1. The van der Waals surface area contributed by atoms with E-state index in [0.29, 0.717) is 23.1 Å². The van der Waals surface area contributed by atoms with Crippen LogP contribution in [0.25, 0.3) is 16.7 Å². The minimum Gasteiger partial charge on any atom is -0.493 e. The second-order valence-corrected chi connectivity index (χ2v) is 10.0. The molecule has 8 heteroatoms. The van der Waals surface area contributed by atoms with E-state index in [0.717, 1.165) is 41.2 Å². The van der Waals surface area contributed by atoms with Crippen molar-refractivity contribution >= 4 is 22.5 Å². The number of fused-ring (bicyclic) bond motifs is 4. The molecule has 3 aliphatic rings. The van der Waals surface area contributed by atoms with Crippen LogP contribution in [0, 0.1) is 24.7 Å². The smallest absolute Gasteiger partial charge is 0.416 e. The van der Waals surface area contributed by atoms with Crippen LogP contribution in [0.2, 0.25) is 0 Å². The molecule has 2 bridgehead atoms. The third kappa shape index (κ3) is 3.89. The molecule has 2 heterocycles. The molecule has 2 unspecified atom stereocenters. The molecule has 4 aromatic rings. The Balaban J connectivity index is 1.34. The van der Waals surface area contributed by atoms with Crippen LogP contribution in [0.15, 0.2) is 48.8 Å². The second-order valence-electron chi connectivity index (χ2n) is 10.0. The van der Waals surface area contributed by atoms with Gasteiger partial charge in [0.2, 0.25) is 5.78 Å². The summed E-state index contributed by atoms with van der Waals surface area (Å²) in [7, 11) is 0. The Morgan fingerprint density at radius 3 is 2.74 bits per heavy atom. The molecule has 3 fully saturated rings. The Kier molecular flexibility index (Phi) is 5.16. The lowest BCUT2D eigenvalue weighted by atomic mass is 9.83. The van der Waals surface area contributed by atoms with Crippen LogP contribution < -0.4 is 10.1 Å². The van der Waals surface area contributed by atoms with E-state index in [1.54, 1.807) is 12.3 Å². The number of hydrogen-bond acceptors (Lipinski definition) is 4. The van der Waals surface area contributed by atoms with Crippen molar-refractivity contribution < 1.29 is 17.9 Å². The zero-order valence-electron chi connectivity index (χ0n) is 19.6. The highest BCUT2D eigenvalue weighted by Crippen LogP contribution is 2.52. The average molecular weight is 481 g/mol. The largest absolute Gasteiger partial charge is 0.493 e. The van der Waals surface area contributed by atoms with E-state index < -0.39 is 17.8 Å². The van der Waals surface area contributed by atoms with Crippen molar-refractivity contribution in [3.8, 4) is 5.75 Å². The SMILES string of the molecule is Cc1c(C(C)Nc2nc3nccn3c3ccc(OCC4CC5CC4C5)cc23)cccc1C(F)(F)F. The van der Waals surface area contributed by atoms with Gasteiger partial charge in [-0.25, -0.2) is 4.98 Å². The van der Waals surface area contributed by atoms with Crippen molar-refractivity contribution in [3.05, 3.63) is 65.5 Å². The summed E-state index contributed by atoms with van der Waals surface area (Å²) in [6, 6.07) is 9.81. The lowest BCUT2D eigenvalue weighted by molar-refractivity contribution is -0.138. The highest BCUT2D eigenvalue weighted by molar-refractivity contribution is 5.92. The monoisotopic (exact) mass is 480 g/mol. The normalized spacial score (nSPS) is 22.4. The summed E-state index contributed by atoms with van der Waals surface area (Å²) >= 11 is 0. The number of rotatable bonds is 6. The maximum atomic E-state index is 13.5. The van der Waals surface area contributed by atoms with Crippen molar-refractivity contribution in [2.24, 2.45) is 17.8 Å². The summed E-state index contributed by atoms with van der Waals surface area (Å²) < 4.78 is 48.5. The summed E-state index contributed by atoms with van der Waals surface area (Å²) in [5.41, 5.74) is 1.07. The lowest BCUT2D eigenvalue weighted by Gasteiger charge is -2.24. The molecule has 0 saturated heterocycles. The number of anilines is 1. The van der Waals surface area contributed by atoms with Crippen molar-refractivity contribution in [2.45, 2.75) is 45.3 Å². The molecule has 2 aromatic heterocycles. The summed E-state index contributed by atoms with van der Waals surface area (Å²) in [5.74, 6) is 4.19. The van der Waals surface area contributed by atoms with E-state index in [1.165, 1.54) is 32.3 Å². The number of alkyl halides is 3. The van der Waals surface area contributed by atoms with Crippen molar-refractivity contribution in [1.82, 2.24) is 14.4 Å². The van der Waals surface area contributed by atoms with Crippen LogP contribution in [0.1, 0.15) is 48.9 Å². The van der Waals surface area contributed by atoms with Crippen molar-refractivity contribution in [3.63, 3.8) is 0 Å². The van der Waals surface area contributed by atoms with E-state index in [9.17, 15) is 13.2 Å². The first-order valence-electron chi connectivity index (χ1n) is 12.1. The van der Waals surface area contributed by atoms with Gasteiger partial charge in [-0.2, -0.15) is 18.2 Å². The third-order valence-corrected chi connectivity index (χ3v) is 7.86. The Labute approximate surface area is 201 Å². The van der Waals surface area contributed by atoms with Gasteiger partial charge in [-0.15, -0.1) is 0 Å². The minimum atomic E-state index is -4.40. The Morgan fingerprint density at radius 1 is 1.17 bits per heavy atom. The number of ether oxygens (including phenoxy) is 1. The van der Waals surface area contributed by atoms with E-state index in [1.807, 2.05) is 35.7 Å². The summed E-state index contributed by atoms with van der Waals surface area (Å²) in [4.78, 5) is 9.02. The average Bonchev–Trinajstić information content (AvgIpc) is 3.52. The zero-order valence-corrected chi connectivity index (χ0v) is 19.6. The van der Waals surface area contributed by atoms with Gasteiger partial charge in [-0.05, 0) is 86.3 Å². The summed E-state index contributed by atoms with van der Waals surface area (Å²) in [6.45, 7) is 4.08. The van der Waals surface area contributed by atoms with E-state index in [4.69, 9.17) is 9.72 Å². The fourth-order valence-electron chi connectivity index (χ4n) is 5.95. The van der Waals surface area contributed by atoms with Gasteiger partial charge in [0.05, 0.1) is 23.7 Å². The van der Waals surface area contributed by atoms with Crippen molar-refractivity contribution in [2.75, 3.05) is 11.9 Å². The lowest BCUT2D eigenvalue weighted by Crippen LogP contribution is -2.18. The highest BCUT2D eigenvalue weighted by atomic mass is 19.4. The molecule has 0 radical (unpaired) electrons. The third-order valence-electron chi connectivity index (χ3n) is 7.86. The standard InChI is InChI=1S/C27H27F3N4O/c1-15-21(4-3-5-23(15)27(28,29)30)16(2)32-25-22-13-20(35-14-19-12-17-10-18(19)11-17)6-7-24(22)34-9-8-31-26(34)33-25/h3-9,13,16-19H,10-12,14H2,1-2H3,(H,31,32,33). The first-order chi connectivity index (χ1) is 16.8. The van der Waals surface area contributed by atoms with Gasteiger partial charge in [0, 0.05) is 17.8 Å². The fourth-order valence-corrected chi connectivity index (χ4v) is 5.95. The molecule has 3 saturated carbocycles. The van der Waals surface area contributed by atoms with E-state index in [-0.39, 0.29) is 5.56 Å². The molecular formula is C27H27F3N4O. The van der Waals surface area contributed by atoms with Crippen molar-refractivity contribution in [1.29, 1.82) is 0 Å². The van der Waals surface area contributed by atoms with Gasteiger partial charge in [0.1, 0.15) is 11.6 Å². The molecule has 2 atom stereocenters. The quantitative estimate of drug-likeness (QED) is 0.329. The van der Waals surface area contributed by atoms with Crippen LogP contribution in [-0.4, -0.2) is 21.0 Å². The van der Waals surface area contributed by atoms with E-state index >= 15 is 0 Å². The van der Waals surface area contributed by atoms with Crippen LogP contribution in [0.4, 0.5) is 19.0 Å². The maximum Gasteiger partial charge on any atom is 0.416 e. The molecule has 35 heavy (non-hydrogen) atoms. The molecule has 2 aromatic carbocycles. The highest BCUT2D eigenvalue weighted by Gasteiger charge is 2.44. The Hall–Kier alpha value is -3.29. The first-order valence-corrected chi connectivity index (χ1v) is 12.1. The molecule has 182 valence electrons. The predicted octanol–water partition coefficient (Wildman–Crippen LogP) is 6.81. The predicted molar refractivity (Wildman–Crippen MR) is 129 cm³/mol. The molecular weight excluding hydrogens is 453 g/mol. The second kappa shape index (κ2) is 8.14. The van der Waals surface area contributed by atoms with Crippen LogP contribution in [0.5, 0.6) is 5.75 Å². The topological polar surface area (TPSA) is 51.5 Å². The van der Waals surface area contributed by atoms with Gasteiger partial charge in [-0.1, -0.05) is 12.1 Å². The molecule has 0 amide bonds. The maximum absolute atomic E-state index is 13.5. The van der Waals surface area contributed by atoms with Crippen LogP contribution >= 0.6 is 0 Å². The summed E-state index contributed by atoms with van der Waals surface area (Å²) in [6.07, 6.45) is 3.08. The molecule has 7 rings (SSSR count). The number of hydrogen-bond donors (Lipinski definition) is 1. The van der Waals surface area contributed by atoms with E-state index in [2.05, 4.69) is 10.3 Å². The van der Waals surface area contributed by atoms with Crippen LogP contribution in [0.3, 0.4) is 0 Å². The zero-order chi connectivity index (χ0) is 24.3. The molecule has 1 N–H and O–H groups in total. The van der Waals surface area contributed by atoms with Gasteiger partial charge in [-0.3, -0.25) is 4.40 Å². The molecule has 0 aliphatic heterocycles. The summed E-state index contributed by atoms with van der Waals surface area (Å²) in [5, 5.41) is 4.19. The van der Waals surface area contributed by atoms with Gasteiger partial charge in [0.15, 0.2) is 0 Å². The van der Waals surface area contributed by atoms with Gasteiger partial charge in [0.25, 0.3) is 0 Å². The number of nitrogens with one attached hydrogen (secondary N) is 1. The molecule has 0 spiro atoms. The number of aromatic nitrogens is 3. The number of nitrogens with zero attached hydrogens (tertiary/aromatic N) is 3. The number of benzene rings is 2. The van der Waals surface area contributed by atoms with Crippen LogP contribution in [-0.2, 0) is 6.18 Å². The Bertz CT molecular complexity index is 1410. The van der Waals surface area contributed by atoms with Gasteiger partial charge < -0.3 is 10.1 Å². The minimum absolute atomic E-state index is 0.213. The van der Waals surface area contributed by atoms with Gasteiger partial charge >= 0.3 is 6.18 Å². The number of halogens is 3.